The molecule has 1 aliphatic heterocycles. The molecule has 2 rings (SSSR count). The van der Waals surface area contributed by atoms with Crippen LogP contribution in [-0.2, 0) is 0 Å². The van der Waals surface area contributed by atoms with Gasteiger partial charge in [-0.1, -0.05) is 17.7 Å². The summed E-state index contributed by atoms with van der Waals surface area (Å²) in [5.41, 5.74) is 1.90. The van der Waals surface area contributed by atoms with Gasteiger partial charge in [-0.2, -0.15) is 0 Å². The highest BCUT2D eigenvalue weighted by molar-refractivity contribution is 6.31. The van der Waals surface area contributed by atoms with E-state index >= 15 is 0 Å². The molecule has 1 heterocycles. The van der Waals surface area contributed by atoms with Crippen LogP contribution in [0.3, 0.4) is 0 Å². The van der Waals surface area contributed by atoms with E-state index in [1.54, 1.807) is 0 Å². The number of carbonyl (C=O) groups excluding carboxylic acids is 1. The number of rotatable bonds is 4. The standard InChI is InChI=1S/C14H19Cl2N2O/c1-3-18(8-6-15)9-7-17(14(18)19)12-5-4-11(2)13(16)10-12/h4-5,10H,3,6-9H2,1-2H3/q+1. The normalized spacial score (nSPS) is 23.2. The molecule has 0 aromatic heterocycles. The Kier molecular flexibility index (Phi) is 4.39. The summed E-state index contributed by atoms with van der Waals surface area (Å²) < 4.78 is 0.439. The molecule has 0 bridgehead atoms. The summed E-state index contributed by atoms with van der Waals surface area (Å²) in [7, 11) is 0. The van der Waals surface area contributed by atoms with Crippen molar-refractivity contribution in [1.82, 2.24) is 0 Å². The number of hydrogen-bond donors (Lipinski definition) is 0. The number of benzene rings is 1. The minimum Gasteiger partial charge on any atom is -0.256 e. The smallest absolute Gasteiger partial charge is 0.256 e. The number of nitrogens with zero attached hydrogens (tertiary/aromatic N) is 2. The van der Waals surface area contributed by atoms with Crippen LogP contribution in [0.5, 0.6) is 0 Å². The van der Waals surface area contributed by atoms with Gasteiger partial charge in [-0.15, -0.1) is 11.6 Å². The molecule has 0 aliphatic carbocycles. The van der Waals surface area contributed by atoms with Crippen LogP contribution >= 0.6 is 23.2 Å². The minimum absolute atomic E-state index is 0.128. The Morgan fingerprint density at radius 1 is 1.42 bits per heavy atom. The van der Waals surface area contributed by atoms with Crippen LogP contribution in [0.25, 0.3) is 0 Å². The van der Waals surface area contributed by atoms with Crippen LogP contribution in [0.2, 0.25) is 5.02 Å². The molecule has 0 radical (unpaired) electrons. The number of anilines is 1. The topological polar surface area (TPSA) is 20.3 Å². The summed E-state index contributed by atoms with van der Waals surface area (Å²) in [5.74, 6) is 0.502. The molecule has 1 atom stereocenters. The number of amides is 2. The predicted molar refractivity (Wildman–Crippen MR) is 80.2 cm³/mol. The zero-order valence-corrected chi connectivity index (χ0v) is 12.8. The van der Waals surface area contributed by atoms with E-state index in [1.165, 1.54) is 0 Å². The number of aryl methyl sites for hydroxylation is 1. The predicted octanol–water partition coefficient (Wildman–Crippen LogP) is 3.66. The van der Waals surface area contributed by atoms with Gasteiger partial charge in [0.25, 0.3) is 0 Å². The zero-order chi connectivity index (χ0) is 14.0. The lowest BCUT2D eigenvalue weighted by Gasteiger charge is -2.28. The Morgan fingerprint density at radius 3 is 2.74 bits per heavy atom. The fraction of sp³-hybridized carbons (Fsp3) is 0.500. The van der Waals surface area contributed by atoms with Crippen molar-refractivity contribution in [2.45, 2.75) is 13.8 Å². The third kappa shape index (κ3) is 2.60. The van der Waals surface area contributed by atoms with Gasteiger partial charge >= 0.3 is 6.03 Å². The van der Waals surface area contributed by atoms with E-state index in [2.05, 4.69) is 0 Å². The number of halogens is 2. The van der Waals surface area contributed by atoms with E-state index in [-0.39, 0.29) is 6.03 Å². The molecule has 1 unspecified atom stereocenters. The highest BCUT2D eigenvalue weighted by atomic mass is 35.5. The molecule has 2 amide bonds. The van der Waals surface area contributed by atoms with Gasteiger partial charge in [0.1, 0.15) is 13.1 Å². The average molecular weight is 302 g/mol. The van der Waals surface area contributed by atoms with E-state index in [4.69, 9.17) is 23.2 Å². The van der Waals surface area contributed by atoms with Crippen LogP contribution < -0.4 is 4.90 Å². The van der Waals surface area contributed by atoms with Crippen LogP contribution in [0.1, 0.15) is 12.5 Å². The third-order valence-electron chi connectivity index (χ3n) is 3.97. The second-order valence-electron chi connectivity index (χ2n) is 4.97. The van der Waals surface area contributed by atoms with Gasteiger partial charge in [0, 0.05) is 5.02 Å². The maximum Gasteiger partial charge on any atom is 0.423 e. The SMILES string of the molecule is CC[N+]1(CCCl)CCN(c2ccc(C)c(Cl)c2)C1=O. The van der Waals surface area contributed by atoms with Crippen molar-refractivity contribution in [3.05, 3.63) is 28.8 Å². The summed E-state index contributed by atoms with van der Waals surface area (Å²) in [4.78, 5) is 14.5. The van der Waals surface area contributed by atoms with Gasteiger partial charge in [-0.05, 0) is 31.5 Å². The molecule has 0 N–H and O–H groups in total. The molecule has 1 aliphatic rings. The van der Waals surface area contributed by atoms with Crippen molar-refractivity contribution in [3.63, 3.8) is 0 Å². The highest BCUT2D eigenvalue weighted by Crippen LogP contribution is 2.29. The summed E-state index contributed by atoms with van der Waals surface area (Å²) in [6.07, 6.45) is 0. The summed E-state index contributed by atoms with van der Waals surface area (Å²) in [5, 5.41) is 0.698. The molecule has 104 valence electrons. The molecule has 1 aromatic carbocycles. The first kappa shape index (κ1) is 14.6. The first-order valence-electron chi connectivity index (χ1n) is 6.54. The van der Waals surface area contributed by atoms with Crippen molar-refractivity contribution in [3.8, 4) is 0 Å². The first-order valence-corrected chi connectivity index (χ1v) is 7.45. The van der Waals surface area contributed by atoms with Gasteiger partial charge in [-0.25, -0.2) is 9.28 Å². The molecule has 1 saturated heterocycles. The van der Waals surface area contributed by atoms with Crippen LogP contribution in [0.15, 0.2) is 18.2 Å². The Morgan fingerprint density at radius 2 is 2.16 bits per heavy atom. The van der Waals surface area contributed by atoms with E-state index < -0.39 is 0 Å². The molecule has 3 nitrogen and oxygen atoms in total. The lowest BCUT2D eigenvalue weighted by Crippen LogP contribution is -2.52. The lowest BCUT2D eigenvalue weighted by molar-refractivity contribution is -0.835. The van der Waals surface area contributed by atoms with E-state index in [0.29, 0.717) is 21.9 Å². The monoisotopic (exact) mass is 301 g/mol. The Bertz CT molecular complexity index is 492. The van der Waals surface area contributed by atoms with Gasteiger partial charge in [0.15, 0.2) is 0 Å². The fourth-order valence-corrected chi connectivity index (χ4v) is 3.05. The van der Waals surface area contributed by atoms with Gasteiger partial charge < -0.3 is 0 Å². The zero-order valence-electron chi connectivity index (χ0n) is 11.3. The number of urea groups is 1. The van der Waals surface area contributed by atoms with E-state index in [1.807, 2.05) is 36.9 Å². The third-order valence-corrected chi connectivity index (χ3v) is 4.55. The van der Waals surface area contributed by atoms with E-state index in [0.717, 1.165) is 30.9 Å². The Hall–Kier alpha value is -0.770. The van der Waals surface area contributed by atoms with Crippen molar-refractivity contribution in [2.24, 2.45) is 0 Å². The quantitative estimate of drug-likeness (QED) is 0.614. The van der Waals surface area contributed by atoms with Crippen molar-refractivity contribution in [2.75, 3.05) is 37.0 Å². The fourth-order valence-electron chi connectivity index (χ4n) is 2.55. The molecule has 1 fully saturated rings. The first-order chi connectivity index (χ1) is 9.04. The van der Waals surface area contributed by atoms with Crippen LogP contribution in [0, 0.1) is 6.92 Å². The lowest BCUT2D eigenvalue weighted by atomic mass is 10.2. The number of alkyl halides is 1. The van der Waals surface area contributed by atoms with Crippen molar-refractivity contribution in [1.29, 1.82) is 0 Å². The number of hydrogen-bond acceptors (Lipinski definition) is 1. The summed E-state index contributed by atoms with van der Waals surface area (Å²) >= 11 is 12.0. The Balaban J connectivity index is 2.28. The molecular weight excluding hydrogens is 283 g/mol. The van der Waals surface area contributed by atoms with Crippen LogP contribution in [-0.4, -0.2) is 42.6 Å². The molecule has 0 spiro atoms. The molecule has 1 aromatic rings. The number of carbonyl (C=O) groups is 1. The van der Waals surface area contributed by atoms with Crippen molar-refractivity contribution >= 4 is 34.9 Å². The van der Waals surface area contributed by atoms with Gasteiger partial charge in [0.2, 0.25) is 0 Å². The largest absolute Gasteiger partial charge is 0.423 e. The number of likely N-dealkylation sites (N-methyl/N-ethyl adjacent to an activating group) is 1. The minimum atomic E-state index is 0.128. The summed E-state index contributed by atoms with van der Waals surface area (Å²) in [6, 6.07) is 5.90. The molecular formula is C14H19Cl2N2O+. The van der Waals surface area contributed by atoms with Crippen LogP contribution in [0.4, 0.5) is 10.5 Å². The highest BCUT2D eigenvalue weighted by Gasteiger charge is 2.45. The van der Waals surface area contributed by atoms with Crippen molar-refractivity contribution < 1.29 is 9.28 Å². The second-order valence-corrected chi connectivity index (χ2v) is 5.75. The maximum absolute atomic E-state index is 12.6. The van der Waals surface area contributed by atoms with E-state index in [9.17, 15) is 4.79 Å². The maximum atomic E-state index is 12.6. The molecule has 0 saturated carbocycles. The number of quaternary nitrogens is 1. The Labute approximate surface area is 124 Å². The molecule has 5 heteroatoms. The van der Waals surface area contributed by atoms with Gasteiger partial charge in [0.05, 0.1) is 24.7 Å². The molecule has 19 heavy (non-hydrogen) atoms. The average Bonchev–Trinajstić information content (AvgIpc) is 2.72. The summed E-state index contributed by atoms with van der Waals surface area (Å²) in [6.45, 7) is 7.00. The second kappa shape index (κ2) is 5.70. The van der Waals surface area contributed by atoms with Gasteiger partial charge in [-0.3, -0.25) is 4.90 Å².